The van der Waals surface area contributed by atoms with Crippen LogP contribution in [0, 0.1) is 0 Å². The topological polar surface area (TPSA) is 95.7 Å². The monoisotopic (exact) mass is 416 g/mol. The molecular weight excluding hydrogens is 388 g/mol. The minimum Gasteiger partial charge on any atom is -0.370 e. The molecule has 8 heteroatoms. The Balaban J connectivity index is 1.51. The van der Waals surface area contributed by atoms with E-state index < -0.39 is 10.0 Å². The molecule has 2 aromatic rings. The highest BCUT2D eigenvalue weighted by Gasteiger charge is 2.23. The zero-order valence-electron chi connectivity index (χ0n) is 16.6. The average molecular weight is 417 g/mol. The number of hydrogen-bond acceptors (Lipinski definition) is 5. The van der Waals surface area contributed by atoms with Crippen molar-refractivity contribution in [2.45, 2.75) is 30.2 Å². The molecular formula is C21H28N4O3S. The van der Waals surface area contributed by atoms with Crippen molar-refractivity contribution in [2.24, 2.45) is 5.14 Å². The van der Waals surface area contributed by atoms with Crippen LogP contribution in [0.5, 0.6) is 0 Å². The summed E-state index contributed by atoms with van der Waals surface area (Å²) in [7, 11) is -1.74. The smallest absolute Gasteiger partial charge is 0.238 e. The minimum absolute atomic E-state index is 0.0179. The number of carbonyl (C=O) groups is 1. The van der Waals surface area contributed by atoms with E-state index in [0.717, 1.165) is 25.9 Å². The third-order valence-corrected chi connectivity index (χ3v) is 6.19. The van der Waals surface area contributed by atoms with Gasteiger partial charge in [-0.2, -0.15) is 0 Å². The summed E-state index contributed by atoms with van der Waals surface area (Å²) in [5.74, 6) is -0.154. The molecule has 1 fully saturated rings. The molecule has 0 aliphatic carbocycles. The highest BCUT2D eigenvalue weighted by atomic mass is 32.2. The van der Waals surface area contributed by atoms with Crippen molar-refractivity contribution < 1.29 is 13.2 Å². The molecule has 29 heavy (non-hydrogen) atoms. The molecule has 1 atom stereocenters. The van der Waals surface area contributed by atoms with E-state index in [1.807, 2.05) is 13.1 Å². The number of anilines is 2. The third-order valence-electron chi connectivity index (χ3n) is 5.28. The molecule has 0 saturated carbocycles. The number of nitrogens with zero attached hydrogens (tertiary/aromatic N) is 2. The molecule has 0 bridgehead atoms. The number of nitrogens with two attached hydrogens (primary N) is 1. The summed E-state index contributed by atoms with van der Waals surface area (Å²) in [5, 5.41) is 7.89. The fourth-order valence-corrected chi connectivity index (χ4v) is 4.18. The number of para-hydroxylation sites is 1. The molecule has 0 radical (unpaired) electrons. The van der Waals surface area contributed by atoms with Crippen molar-refractivity contribution >= 4 is 27.3 Å². The Morgan fingerprint density at radius 2 is 1.97 bits per heavy atom. The predicted molar refractivity (Wildman–Crippen MR) is 115 cm³/mol. The number of hydrogen-bond donors (Lipinski definition) is 2. The number of likely N-dealkylation sites (N-methyl/N-ethyl adjacent to an activating group) is 1. The van der Waals surface area contributed by atoms with E-state index >= 15 is 0 Å². The molecule has 156 valence electrons. The summed E-state index contributed by atoms with van der Waals surface area (Å²) < 4.78 is 22.9. The largest absolute Gasteiger partial charge is 0.370 e. The summed E-state index contributed by atoms with van der Waals surface area (Å²) in [6.45, 7) is 2.63. The molecule has 3 rings (SSSR count). The number of primary sulfonamides is 1. The van der Waals surface area contributed by atoms with Gasteiger partial charge in [-0.3, -0.25) is 4.79 Å². The van der Waals surface area contributed by atoms with E-state index in [2.05, 4.69) is 39.4 Å². The number of sulfonamides is 1. The Morgan fingerprint density at radius 1 is 1.21 bits per heavy atom. The standard InChI is InChI=1S/C21H28N4O3S/c1-24(19-10-6-13-25(16-19)18-8-3-2-4-9-18)14-12-21(26)23-17-7-5-11-20(15-17)29(22,27)28/h2-5,7-9,11,15,19H,6,10,12-14,16H2,1H3,(H,23,26)(H2,22,27,28). The highest BCUT2D eigenvalue weighted by molar-refractivity contribution is 7.89. The van der Waals surface area contributed by atoms with E-state index in [0.29, 0.717) is 24.7 Å². The Bertz CT molecular complexity index is 934. The van der Waals surface area contributed by atoms with E-state index in [-0.39, 0.29) is 10.8 Å². The molecule has 1 amide bonds. The van der Waals surface area contributed by atoms with Gasteiger partial charge in [0.05, 0.1) is 4.90 Å². The van der Waals surface area contributed by atoms with Gasteiger partial charge in [0.2, 0.25) is 15.9 Å². The van der Waals surface area contributed by atoms with Crippen LogP contribution in [0.4, 0.5) is 11.4 Å². The van der Waals surface area contributed by atoms with Crippen LogP contribution in [0.1, 0.15) is 19.3 Å². The van der Waals surface area contributed by atoms with Gasteiger partial charge in [-0.05, 0) is 50.2 Å². The normalized spacial score (nSPS) is 17.3. The van der Waals surface area contributed by atoms with Crippen LogP contribution >= 0.6 is 0 Å². The van der Waals surface area contributed by atoms with Gasteiger partial charge in [0.15, 0.2) is 0 Å². The summed E-state index contributed by atoms with van der Waals surface area (Å²) >= 11 is 0. The van der Waals surface area contributed by atoms with Crippen molar-refractivity contribution in [1.82, 2.24) is 4.90 Å². The summed E-state index contributed by atoms with van der Waals surface area (Å²) in [6, 6.07) is 16.8. The SMILES string of the molecule is CN(CCC(=O)Nc1cccc(S(N)(=O)=O)c1)C1CCCN(c2ccccc2)C1. The minimum atomic E-state index is -3.79. The van der Waals surface area contributed by atoms with Crippen molar-refractivity contribution in [3.63, 3.8) is 0 Å². The molecule has 0 spiro atoms. The lowest BCUT2D eigenvalue weighted by Crippen LogP contribution is -2.47. The number of rotatable bonds is 7. The van der Waals surface area contributed by atoms with Crippen LogP contribution in [0.3, 0.4) is 0 Å². The lowest BCUT2D eigenvalue weighted by Gasteiger charge is -2.38. The maximum absolute atomic E-state index is 12.3. The molecule has 0 aromatic heterocycles. The van der Waals surface area contributed by atoms with Crippen LogP contribution in [0.2, 0.25) is 0 Å². The fourth-order valence-electron chi connectivity index (χ4n) is 3.62. The molecule has 1 aliphatic heterocycles. The van der Waals surface area contributed by atoms with Gasteiger partial charge in [-0.1, -0.05) is 24.3 Å². The first-order valence-corrected chi connectivity index (χ1v) is 11.3. The molecule has 1 unspecified atom stereocenters. The zero-order valence-corrected chi connectivity index (χ0v) is 17.4. The van der Waals surface area contributed by atoms with E-state index in [1.165, 1.54) is 17.8 Å². The first-order valence-electron chi connectivity index (χ1n) is 9.76. The molecule has 1 saturated heterocycles. The maximum Gasteiger partial charge on any atom is 0.238 e. The fraction of sp³-hybridized carbons (Fsp3) is 0.381. The van der Waals surface area contributed by atoms with Crippen molar-refractivity contribution in [1.29, 1.82) is 0 Å². The molecule has 7 nitrogen and oxygen atoms in total. The first kappa shape index (κ1) is 21.3. The van der Waals surface area contributed by atoms with E-state index in [1.54, 1.807) is 12.1 Å². The lowest BCUT2D eigenvalue weighted by molar-refractivity contribution is -0.116. The number of nitrogens with one attached hydrogen (secondary N) is 1. The van der Waals surface area contributed by atoms with Gasteiger partial charge in [0.1, 0.15) is 0 Å². The van der Waals surface area contributed by atoms with Crippen LogP contribution in [-0.2, 0) is 14.8 Å². The first-order chi connectivity index (χ1) is 13.8. The van der Waals surface area contributed by atoms with Crippen LogP contribution in [0.15, 0.2) is 59.5 Å². The predicted octanol–water partition coefficient (Wildman–Crippen LogP) is 2.26. The van der Waals surface area contributed by atoms with Gasteiger partial charge < -0.3 is 15.1 Å². The Morgan fingerprint density at radius 3 is 2.69 bits per heavy atom. The molecule has 3 N–H and O–H groups in total. The van der Waals surface area contributed by atoms with Crippen molar-refractivity contribution in [3.05, 3.63) is 54.6 Å². The number of benzene rings is 2. The second-order valence-corrected chi connectivity index (χ2v) is 8.99. The molecule has 1 aliphatic rings. The van der Waals surface area contributed by atoms with Gasteiger partial charge in [0.25, 0.3) is 0 Å². The van der Waals surface area contributed by atoms with Gasteiger partial charge >= 0.3 is 0 Å². The summed E-state index contributed by atoms with van der Waals surface area (Å²) in [5.41, 5.74) is 1.66. The molecule has 1 heterocycles. The summed E-state index contributed by atoms with van der Waals surface area (Å²) in [4.78, 5) is 16.9. The number of piperidine rings is 1. The van der Waals surface area contributed by atoms with Crippen molar-refractivity contribution in [2.75, 3.05) is 36.9 Å². The van der Waals surface area contributed by atoms with Crippen LogP contribution in [-0.4, -0.2) is 51.9 Å². The van der Waals surface area contributed by atoms with E-state index in [9.17, 15) is 13.2 Å². The summed E-state index contributed by atoms with van der Waals surface area (Å²) in [6.07, 6.45) is 2.56. The number of amides is 1. The second-order valence-electron chi connectivity index (χ2n) is 7.43. The lowest BCUT2D eigenvalue weighted by atomic mass is 10.0. The Kier molecular flexibility index (Phi) is 6.89. The van der Waals surface area contributed by atoms with Crippen LogP contribution < -0.4 is 15.4 Å². The van der Waals surface area contributed by atoms with Crippen LogP contribution in [0.25, 0.3) is 0 Å². The highest BCUT2D eigenvalue weighted by Crippen LogP contribution is 2.22. The third kappa shape index (κ3) is 6.03. The second kappa shape index (κ2) is 9.39. The molecule has 2 aromatic carbocycles. The average Bonchev–Trinajstić information content (AvgIpc) is 2.72. The van der Waals surface area contributed by atoms with Gasteiger partial charge in [-0.15, -0.1) is 0 Å². The van der Waals surface area contributed by atoms with Gasteiger partial charge in [-0.25, -0.2) is 13.6 Å². The quantitative estimate of drug-likeness (QED) is 0.722. The Hall–Kier alpha value is -2.42. The number of carbonyl (C=O) groups excluding carboxylic acids is 1. The zero-order chi connectivity index (χ0) is 20.9. The Labute approximate surface area is 172 Å². The maximum atomic E-state index is 12.3. The van der Waals surface area contributed by atoms with Crippen molar-refractivity contribution in [3.8, 4) is 0 Å². The van der Waals surface area contributed by atoms with E-state index in [4.69, 9.17) is 5.14 Å². The van der Waals surface area contributed by atoms with Gasteiger partial charge in [0, 0.05) is 43.5 Å².